The summed E-state index contributed by atoms with van der Waals surface area (Å²) in [5.41, 5.74) is 0.841. The third kappa shape index (κ3) is 4.44. The Bertz CT molecular complexity index is 495. The highest BCUT2D eigenvalue weighted by molar-refractivity contribution is 5.96. The minimum absolute atomic E-state index is 0.0362. The van der Waals surface area contributed by atoms with E-state index in [1.165, 1.54) is 4.90 Å². The number of anilines is 1. The number of nitrogens with one attached hydrogen (secondary N) is 1. The summed E-state index contributed by atoms with van der Waals surface area (Å²) in [6.07, 6.45) is 0. The van der Waals surface area contributed by atoms with Gasteiger partial charge >= 0.3 is 6.03 Å². The first-order valence-corrected chi connectivity index (χ1v) is 7.29. The highest BCUT2D eigenvalue weighted by Crippen LogP contribution is 2.19. The standard InChI is InChI=1S/C15H21N3O4/c19-9-11-22-10-6-16-14(20)12-17-7-8-18(15(17)21)13-4-2-1-3-5-13/h1-5,19H,6-12H2,(H,16,20). The van der Waals surface area contributed by atoms with Crippen molar-refractivity contribution in [3.8, 4) is 0 Å². The summed E-state index contributed by atoms with van der Waals surface area (Å²) in [6.45, 7) is 2.08. The number of carbonyl (C=O) groups is 2. The van der Waals surface area contributed by atoms with Gasteiger partial charge in [0.15, 0.2) is 0 Å². The van der Waals surface area contributed by atoms with E-state index in [1.807, 2.05) is 30.3 Å². The van der Waals surface area contributed by atoms with Gasteiger partial charge in [-0.05, 0) is 12.1 Å². The summed E-state index contributed by atoms with van der Waals surface area (Å²) in [5, 5.41) is 11.2. The Labute approximate surface area is 129 Å². The topological polar surface area (TPSA) is 82.1 Å². The van der Waals surface area contributed by atoms with Crippen LogP contribution in [0.25, 0.3) is 0 Å². The molecule has 0 aliphatic carbocycles. The number of aliphatic hydroxyl groups excluding tert-OH is 1. The van der Waals surface area contributed by atoms with Crippen molar-refractivity contribution in [1.82, 2.24) is 10.2 Å². The maximum atomic E-state index is 12.3. The molecule has 2 N–H and O–H groups in total. The van der Waals surface area contributed by atoms with Crippen molar-refractivity contribution in [2.75, 3.05) is 50.9 Å². The van der Waals surface area contributed by atoms with Gasteiger partial charge < -0.3 is 20.1 Å². The maximum absolute atomic E-state index is 12.3. The number of amides is 3. The van der Waals surface area contributed by atoms with Gasteiger partial charge in [0, 0.05) is 25.3 Å². The highest BCUT2D eigenvalue weighted by atomic mass is 16.5. The summed E-state index contributed by atoms with van der Waals surface area (Å²) < 4.78 is 5.05. The summed E-state index contributed by atoms with van der Waals surface area (Å²) in [7, 11) is 0. The van der Waals surface area contributed by atoms with Crippen LogP contribution in [-0.2, 0) is 9.53 Å². The second-order valence-electron chi connectivity index (χ2n) is 4.88. The molecule has 0 saturated carbocycles. The number of urea groups is 1. The zero-order valence-electron chi connectivity index (χ0n) is 12.4. The van der Waals surface area contributed by atoms with E-state index in [0.717, 1.165) is 5.69 Å². The van der Waals surface area contributed by atoms with Crippen LogP contribution in [-0.4, -0.2) is 67.9 Å². The van der Waals surface area contributed by atoms with E-state index in [4.69, 9.17) is 9.84 Å². The average molecular weight is 307 g/mol. The normalized spacial score (nSPS) is 14.5. The van der Waals surface area contributed by atoms with Crippen LogP contribution >= 0.6 is 0 Å². The predicted octanol–water partition coefficient (Wildman–Crippen LogP) is 0.0537. The molecule has 120 valence electrons. The van der Waals surface area contributed by atoms with E-state index in [9.17, 15) is 9.59 Å². The smallest absolute Gasteiger partial charge is 0.325 e. The number of ether oxygens (including phenoxy) is 1. The summed E-state index contributed by atoms with van der Waals surface area (Å²) >= 11 is 0. The summed E-state index contributed by atoms with van der Waals surface area (Å²) in [4.78, 5) is 27.3. The molecule has 7 nitrogen and oxygen atoms in total. The lowest BCUT2D eigenvalue weighted by Gasteiger charge is -2.18. The molecule has 2 rings (SSSR count). The van der Waals surface area contributed by atoms with Gasteiger partial charge in [0.25, 0.3) is 0 Å². The molecule has 1 aliphatic heterocycles. The van der Waals surface area contributed by atoms with Gasteiger partial charge in [0.05, 0.1) is 19.8 Å². The monoisotopic (exact) mass is 307 g/mol. The van der Waals surface area contributed by atoms with Crippen molar-refractivity contribution in [3.05, 3.63) is 30.3 Å². The zero-order valence-corrected chi connectivity index (χ0v) is 12.4. The lowest BCUT2D eigenvalue weighted by molar-refractivity contribution is -0.121. The molecule has 0 bridgehead atoms. The van der Waals surface area contributed by atoms with E-state index in [2.05, 4.69) is 5.32 Å². The van der Waals surface area contributed by atoms with Crippen LogP contribution in [0.5, 0.6) is 0 Å². The number of para-hydroxylation sites is 1. The van der Waals surface area contributed by atoms with E-state index in [1.54, 1.807) is 4.90 Å². The number of nitrogens with zero attached hydrogens (tertiary/aromatic N) is 2. The Kier molecular flexibility index (Phi) is 6.17. The lowest BCUT2D eigenvalue weighted by Crippen LogP contribution is -2.40. The van der Waals surface area contributed by atoms with Crippen LogP contribution in [0.2, 0.25) is 0 Å². The number of carbonyl (C=O) groups excluding carboxylic acids is 2. The minimum Gasteiger partial charge on any atom is -0.394 e. The van der Waals surface area contributed by atoms with Gasteiger partial charge in [-0.3, -0.25) is 9.69 Å². The van der Waals surface area contributed by atoms with E-state index >= 15 is 0 Å². The molecule has 0 radical (unpaired) electrons. The first-order chi connectivity index (χ1) is 10.7. The number of rotatable bonds is 8. The second-order valence-corrected chi connectivity index (χ2v) is 4.88. The third-order valence-corrected chi connectivity index (χ3v) is 3.30. The molecule has 0 atom stereocenters. The summed E-state index contributed by atoms with van der Waals surface area (Å²) in [6, 6.07) is 9.25. The van der Waals surface area contributed by atoms with Gasteiger partial charge in [0.1, 0.15) is 6.54 Å². The molecule has 1 aromatic rings. The number of aliphatic hydroxyl groups is 1. The molecule has 1 fully saturated rings. The van der Waals surface area contributed by atoms with Crippen LogP contribution < -0.4 is 10.2 Å². The number of benzene rings is 1. The Morgan fingerprint density at radius 2 is 2.00 bits per heavy atom. The molecule has 0 spiro atoms. The van der Waals surface area contributed by atoms with E-state index < -0.39 is 0 Å². The molecule has 1 saturated heterocycles. The third-order valence-electron chi connectivity index (χ3n) is 3.30. The molecular formula is C15H21N3O4. The molecule has 1 aromatic carbocycles. The largest absolute Gasteiger partial charge is 0.394 e. The Balaban J connectivity index is 1.75. The fourth-order valence-electron chi connectivity index (χ4n) is 2.24. The van der Waals surface area contributed by atoms with Crippen LogP contribution in [0, 0.1) is 0 Å². The van der Waals surface area contributed by atoms with Crippen molar-refractivity contribution in [2.24, 2.45) is 0 Å². The SMILES string of the molecule is O=C(CN1CCN(c2ccccc2)C1=O)NCCOCCO. The minimum atomic E-state index is -0.212. The van der Waals surface area contributed by atoms with Crippen LogP contribution in [0.1, 0.15) is 0 Å². The Morgan fingerprint density at radius 1 is 1.23 bits per heavy atom. The van der Waals surface area contributed by atoms with Crippen LogP contribution in [0.3, 0.4) is 0 Å². The molecule has 1 aliphatic rings. The van der Waals surface area contributed by atoms with Crippen molar-refractivity contribution in [3.63, 3.8) is 0 Å². The molecule has 1 heterocycles. The molecule has 3 amide bonds. The van der Waals surface area contributed by atoms with Crippen LogP contribution in [0.15, 0.2) is 30.3 Å². The van der Waals surface area contributed by atoms with E-state index in [-0.39, 0.29) is 31.7 Å². The van der Waals surface area contributed by atoms with Gasteiger partial charge in [-0.2, -0.15) is 0 Å². The van der Waals surface area contributed by atoms with E-state index in [0.29, 0.717) is 26.2 Å². The number of hydrogen-bond acceptors (Lipinski definition) is 4. The van der Waals surface area contributed by atoms with Gasteiger partial charge in [-0.15, -0.1) is 0 Å². The lowest BCUT2D eigenvalue weighted by atomic mass is 10.3. The Hall–Kier alpha value is -2.12. The molecule has 0 unspecified atom stereocenters. The first-order valence-electron chi connectivity index (χ1n) is 7.29. The average Bonchev–Trinajstić information content (AvgIpc) is 2.89. The second kappa shape index (κ2) is 8.35. The summed E-state index contributed by atoms with van der Waals surface area (Å²) in [5.74, 6) is -0.212. The van der Waals surface area contributed by atoms with Crippen molar-refractivity contribution in [2.45, 2.75) is 0 Å². The fraction of sp³-hybridized carbons (Fsp3) is 0.467. The van der Waals surface area contributed by atoms with Crippen molar-refractivity contribution in [1.29, 1.82) is 0 Å². The van der Waals surface area contributed by atoms with Gasteiger partial charge in [-0.1, -0.05) is 18.2 Å². The number of hydrogen-bond donors (Lipinski definition) is 2. The quantitative estimate of drug-likeness (QED) is 0.665. The van der Waals surface area contributed by atoms with Crippen LogP contribution in [0.4, 0.5) is 10.5 Å². The van der Waals surface area contributed by atoms with Crippen molar-refractivity contribution >= 4 is 17.6 Å². The molecule has 7 heteroatoms. The fourth-order valence-corrected chi connectivity index (χ4v) is 2.24. The molecule has 22 heavy (non-hydrogen) atoms. The van der Waals surface area contributed by atoms with Gasteiger partial charge in [0.2, 0.25) is 5.91 Å². The zero-order chi connectivity index (χ0) is 15.8. The molecule has 0 aromatic heterocycles. The highest BCUT2D eigenvalue weighted by Gasteiger charge is 2.30. The maximum Gasteiger partial charge on any atom is 0.325 e. The van der Waals surface area contributed by atoms with Gasteiger partial charge in [-0.25, -0.2) is 4.79 Å². The first kappa shape index (κ1) is 16.3. The van der Waals surface area contributed by atoms with Crippen molar-refractivity contribution < 1.29 is 19.4 Å². The predicted molar refractivity (Wildman–Crippen MR) is 81.7 cm³/mol. The molecular weight excluding hydrogens is 286 g/mol. The Morgan fingerprint density at radius 3 is 2.73 bits per heavy atom.